The molecule has 0 saturated carbocycles. The summed E-state index contributed by atoms with van der Waals surface area (Å²) in [6.45, 7) is 4.55. The van der Waals surface area contributed by atoms with Crippen LogP contribution in [0.5, 0.6) is 0 Å². The molecule has 1 unspecified atom stereocenters. The second-order valence-electron chi connectivity index (χ2n) is 7.99. The lowest BCUT2D eigenvalue weighted by molar-refractivity contribution is -0.136. The fraction of sp³-hybridized carbons (Fsp3) is 0.526. The summed E-state index contributed by atoms with van der Waals surface area (Å²) in [7, 11) is 0. The van der Waals surface area contributed by atoms with Crippen molar-refractivity contribution >= 4 is 17.7 Å². The number of nitrogens with zero attached hydrogens (tertiary/aromatic N) is 2. The molecule has 136 valence electrons. The molecule has 3 fully saturated rings. The average molecular weight is 354 g/mol. The lowest BCUT2D eigenvalue weighted by Crippen LogP contribution is -2.75. The van der Waals surface area contributed by atoms with Crippen LogP contribution in [-0.4, -0.2) is 58.7 Å². The molecule has 1 aromatic carbocycles. The van der Waals surface area contributed by atoms with E-state index in [0.29, 0.717) is 24.1 Å². The SMILES string of the molecule is O=C1CCC(N2Cc3ccc(CN4CC5(CCN5)C4)cc3C2=O)C(=O)N1. The summed E-state index contributed by atoms with van der Waals surface area (Å²) in [6.07, 6.45) is 1.94. The van der Waals surface area contributed by atoms with Gasteiger partial charge in [0.2, 0.25) is 11.8 Å². The van der Waals surface area contributed by atoms with Crippen molar-refractivity contribution in [3.05, 3.63) is 34.9 Å². The van der Waals surface area contributed by atoms with Gasteiger partial charge >= 0.3 is 0 Å². The fourth-order valence-corrected chi connectivity index (χ4v) is 4.63. The molecule has 2 N–H and O–H groups in total. The van der Waals surface area contributed by atoms with Crippen LogP contribution >= 0.6 is 0 Å². The summed E-state index contributed by atoms with van der Waals surface area (Å²) in [4.78, 5) is 40.3. The van der Waals surface area contributed by atoms with E-state index in [-0.39, 0.29) is 24.1 Å². The van der Waals surface area contributed by atoms with Crippen LogP contribution in [-0.2, 0) is 22.7 Å². The first-order chi connectivity index (χ1) is 12.5. The summed E-state index contributed by atoms with van der Waals surface area (Å²) in [5.41, 5.74) is 3.15. The van der Waals surface area contributed by atoms with Crippen LogP contribution in [0.1, 0.15) is 40.7 Å². The fourth-order valence-electron chi connectivity index (χ4n) is 4.63. The molecule has 4 aliphatic heterocycles. The van der Waals surface area contributed by atoms with Gasteiger partial charge in [-0.1, -0.05) is 12.1 Å². The molecule has 4 heterocycles. The maximum absolute atomic E-state index is 12.8. The molecule has 1 aromatic rings. The van der Waals surface area contributed by atoms with Gasteiger partial charge in [0.15, 0.2) is 0 Å². The van der Waals surface area contributed by atoms with E-state index < -0.39 is 6.04 Å². The van der Waals surface area contributed by atoms with Crippen molar-refractivity contribution in [2.75, 3.05) is 19.6 Å². The summed E-state index contributed by atoms with van der Waals surface area (Å²) in [5, 5.41) is 5.85. The monoisotopic (exact) mass is 354 g/mol. The van der Waals surface area contributed by atoms with Gasteiger partial charge in [-0.2, -0.15) is 0 Å². The molecule has 3 saturated heterocycles. The molecular weight excluding hydrogens is 332 g/mol. The van der Waals surface area contributed by atoms with Crippen molar-refractivity contribution in [1.82, 2.24) is 20.4 Å². The molecule has 1 atom stereocenters. The first-order valence-electron chi connectivity index (χ1n) is 9.27. The minimum absolute atomic E-state index is 0.0999. The first-order valence-corrected chi connectivity index (χ1v) is 9.27. The average Bonchev–Trinajstić information content (AvgIpc) is 2.85. The maximum atomic E-state index is 12.8. The third kappa shape index (κ3) is 2.46. The van der Waals surface area contributed by atoms with Gasteiger partial charge < -0.3 is 10.2 Å². The molecule has 0 radical (unpaired) electrons. The van der Waals surface area contributed by atoms with Crippen LogP contribution in [0.15, 0.2) is 18.2 Å². The minimum atomic E-state index is -0.545. The van der Waals surface area contributed by atoms with Crippen molar-refractivity contribution in [3.63, 3.8) is 0 Å². The number of likely N-dealkylation sites (tertiary alicyclic amines) is 1. The Morgan fingerprint density at radius 1 is 1.19 bits per heavy atom. The number of benzene rings is 1. The quantitative estimate of drug-likeness (QED) is 0.747. The van der Waals surface area contributed by atoms with Crippen molar-refractivity contribution in [3.8, 4) is 0 Å². The Hall–Kier alpha value is -2.25. The molecule has 0 bridgehead atoms. The molecule has 0 aliphatic carbocycles. The van der Waals surface area contributed by atoms with Crippen LogP contribution in [0, 0.1) is 0 Å². The highest BCUT2D eigenvalue weighted by Crippen LogP contribution is 2.32. The number of imide groups is 1. The van der Waals surface area contributed by atoms with Gasteiger partial charge in [-0.15, -0.1) is 0 Å². The van der Waals surface area contributed by atoms with E-state index in [0.717, 1.165) is 37.3 Å². The highest BCUT2D eigenvalue weighted by molar-refractivity contribution is 6.05. The molecule has 1 spiro atoms. The molecule has 4 aliphatic rings. The van der Waals surface area contributed by atoms with E-state index in [4.69, 9.17) is 0 Å². The van der Waals surface area contributed by atoms with Crippen LogP contribution in [0.3, 0.4) is 0 Å². The van der Waals surface area contributed by atoms with Gasteiger partial charge in [-0.25, -0.2) is 0 Å². The molecule has 7 nitrogen and oxygen atoms in total. The van der Waals surface area contributed by atoms with E-state index in [2.05, 4.69) is 21.6 Å². The number of rotatable bonds is 3. The highest BCUT2D eigenvalue weighted by Gasteiger charge is 2.47. The number of piperidine rings is 1. The second kappa shape index (κ2) is 5.62. The van der Waals surface area contributed by atoms with Crippen molar-refractivity contribution in [1.29, 1.82) is 0 Å². The number of fused-ring (bicyclic) bond motifs is 1. The molecule has 26 heavy (non-hydrogen) atoms. The molecule has 7 heteroatoms. The lowest BCUT2D eigenvalue weighted by atomic mass is 9.80. The molecule has 3 amide bonds. The molecular formula is C19H22N4O3. The van der Waals surface area contributed by atoms with Crippen LogP contribution in [0.4, 0.5) is 0 Å². The molecule has 5 rings (SSSR count). The van der Waals surface area contributed by atoms with Crippen molar-refractivity contribution < 1.29 is 14.4 Å². The van der Waals surface area contributed by atoms with E-state index >= 15 is 0 Å². The van der Waals surface area contributed by atoms with Crippen LogP contribution in [0.2, 0.25) is 0 Å². The third-order valence-electron chi connectivity index (χ3n) is 6.15. The Morgan fingerprint density at radius 3 is 2.69 bits per heavy atom. The Labute approximate surface area is 151 Å². The zero-order valence-corrected chi connectivity index (χ0v) is 14.6. The Balaban J connectivity index is 1.28. The van der Waals surface area contributed by atoms with Crippen molar-refractivity contribution in [2.24, 2.45) is 0 Å². The standard InChI is InChI=1S/C19H22N4O3/c24-16-4-3-15(17(25)21-16)23-9-13-2-1-12(7-14(13)18(23)26)8-22-10-19(11-22)5-6-20-19/h1-2,7,15,20H,3-6,8-11H2,(H,21,24,25). The summed E-state index contributed by atoms with van der Waals surface area (Å²) in [6, 6.07) is 5.52. The van der Waals surface area contributed by atoms with Gasteiger partial charge in [-0.05, 0) is 36.6 Å². The van der Waals surface area contributed by atoms with E-state index in [1.165, 1.54) is 6.42 Å². The smallest absolute Gasteiger partial charge is 0.255 e. The van der Waals surface area contributed by atoms with Crippen LogP contribution < -0.4 is 10.6 Å². The Bertz CT molecular complexity index is 809. The normalized spacial score (nSPS) is 27.2. The maximum Gasteiger partial charge on any atom is 0.255 e. The summed E-state index contributed by atoms with van der Waals surface area (Å²) in [5.74, 6) is -0.718. The lowest BCUT2D eigenvalue weighted by Gasteiger charge is -2.56. The minimum Gasteiger partial charge on any atom is -0.322 e. The van der Waals surface area contributed by atoms with Crippen LogP contribution in [0.25, 0.3) is 0 Å². The second-order valence-corrected chi connectivity index (χ2v) is 7.99. The summed E-state index contributed by atoms with van der Waals surface area (Å²) >= 11 is 0. The molecule has 0 aromatic heterocycles. The number of nitrogens with one attached hydrogen (secondary N) is 2. The third-order valence-corrected chi connectivity index (χ3v) is 6.15. The van der Waals surface area contributed by atoms with Gasteiger partial charge in [0.05, 0.1) is 0 Å². The predicted molar refractivity (Wildman–Crippen MR) is 93.1 cm³/mol. The van der Waals surface area contributed by atoms with E-state index in [1.54, 1.807) is 4.90 Å². The number of carbonyl (C=O) groups is 3. The first kappa shape index (κ1) is 16.0. The number of hydrogen-bond acceptors (Lipinski definition) is 5. The largest absolute Gasteiger partial charge is 0.322 e. The van der Waals surface area contributed by atoms with Crippen molar-refractivity contribution in [2.45, 2.75) is 43.9 Å². The van der Waals surface area contributed by atoms with E-state index in [1.807, 2.05) is 12.1 Å². The number of amides is 3. The Morgan fingerprint density at radius 2 is 2.00 bits per heavy atom. The predicted octanol–water partition coefficient (Wildman–Crippen LogP) is -0.00470. The van der Waals surface area contributed by atoms with Gasteiger partial charge in [-0.3, -0.25) is 24.6 Å². The summed E-state index contributed by atoms with van der Waals surface area (Å²) < 4.78 is 0. The van der Waals surface area contributed by atoms with Gasteiger partial charge in [0, 0.05) is 43.7 Å². The van der Waals surface area contributed by atoms with E-state index in [9.17, 15) is 14.4 Å². The number of hydrogen-bond donors (Lipinski definition) is 2. The van der Waals surface area contributed by atoms with Gasteiger partial charge in [0.25, 0.3) is 5.91 Å². The highest BCUT2D eigenvalue weighted by atomic mass is 16.2. The Kier molecular flexibility index (Phi) is 3.45. The topological polar surface area (TPSA) is 81.8 Å². The number of carbonyl (C=O) groups excluding carboxylic acids is 3. The van der Waals surface area contributed by atoms with Gasteiger partial charge in [0.1, 0.15) is 6.04 Å². The zero-order valence-electron chi connectivity index (χ0n) is 14.6. The zero-order chi connectivity index (χ0) is 17.9.